The number of nitro benzene ring substituents is 1. The maximum absolute atomic E-state index is 12.7. The molecule has 0 aliphatic carbocycles. The quantitative estimate of drug-likeness (QED) is 0.254. The third kappa shape index (κ3) is 3.55. The number of nitro groups is 1. The van der Waals surface area contributed by atoms with Crippen molar-refractivity contribution < 1.29 is 14.1 Å². The first kappa shape index (κ1) is 19.7. The Kier molecular flexibility index (Phi) is 4.80. The maximum Gasteiger partial charge on any atom is 0.270 e. The number of aromatic nitrogens is 1. The molecule has 1 amide bonds. The van der Waals surface area contributed by atoms with E-state index in [4.69, 9.17) is 16.0 Å². The summed E-state index contributed by atoms with van der Waals surface area (Å²) in [4.78, 5) is 27.7. The number of amides is 1. The summed E-state index contributed by atoms with van der Waals surface area (Å²) in [5.41, 5.74) is 2.26. The highest BCUT2D eigenvalue weighted by Crippen LogP contribution is 2.31. The summed E-state index contributed by atoms with van der Waals surface area (Å²) in [6, 6.07) is 22.6. The van der Waals surface area contributed by atoms with Crippen molar-refractivity contribution in [1.29, 1.82) is 0 Å². The first-order valence-electron chi connectivity index (χ1n) is 9.63. The highest BCUT2D eigenvalue weighted by molar-refractivity contribution is 6.34. The smallest absolute Gasteiger partial charge is 0.270 e. The molecule has 0 saturated carbocycles. The Hall–Kier alpha value is -4.23. The van der Waals surface area contributed by atoms with Crippen LogP contribution in [0.5, 0.6) is 0 Å². The average Bonchev–Trinajstić information content (AvgIpc) is 3.22. The Bertz CT molecular complexity index is 1520. The number of carbonyl (C=O) groups excluding carboxylic acids is 1. The molecule has 0 saturated heterocycles. The lowest BCUT2D eigenvalue weighted by Crippen LogP contribution is -2.12. The van der Waals surface area contributed by atoms with Crippen molar-refractivity contribution in [1.82, 2.24) is 4.98 Å². The van der Waals surface area contributed by atoms with Crippen molar-refractivity contribution in [3.05, 3.63) is 99.6 Å². The van der Waals surface area contributed by atoms with Crippen molar-refractivity contribution in [3.63, 3.8) is 0 Å². The van der Waals surface area contributed by atoms with Gasteiger partial charge in [0.2, 0.25) is 5.89 Å². The highest BCUT2D eigenvalue weighted by Gasteiger charge is 2.17. The van der Waals surface area contributed by atoms with E-state index < -0.39 is 10.8 Å². The molecule has 1 aromatic heterocycles. The van der Waals surface area contributed by atoms with Crippen LogP contribution in [0.3, 0.4) is 0 Å². The van der Waals surface area contributed by atoms with Gasteiger partial charge in [-0.25, -0.2) is 4.98 Å². The monoisotopic (exact) mass is 443 g/mol. The SMILES string of the molecule is O=C(Nc1ccc2oc(-c3cccc4ccccc34)nc2c1)c1cc([N+](=O)[O-])ccc1Cl. The summed E-state index contributed by atoms with van der Waals surface area (Å²) in [7, 11) is 0. The average molecular weight is 444 g/mol. The van der Waals surface area contributed by atoms with Gasteiger partial charge in [-0.05, 0) is 41.1 Å². The van der Waals surface area contributed by atoms with Crippen LogP contribution in [0.2, 0.25) is 5.02 Å². The van der Waals surface area contributed by atoms with Gasteiger partial charge in [-0.15, -0.1) is 0 Å². The van der Waals surface area contributed by atoms with Gasteiger partial charge in [0.05, 0.1) is 15.5 Å². The second kappa shape index (κ2) is 7.79. The van der Waals surface area contributed by atoms with E-state index in [0.717, 1.165) is 22.4 Å². The van der Waals surface area contributed by atoms with E-state index in [1.165, 1.54) is 12.1 Å². The van der Waals surface area contributed by atoms with Gasteiger partial charge in [0, 0.05) is 23.4 Å². The lowest BCUT2D eigenvalue weighted by Gasteiger charge is -2.06. The molecule has 0 bridgehead atoms. The molecular weight excluding hydrogens is 430 g/mol. The van der Waals surface area contributed by atoms with Gasteiger partial charge in [-0.1, -0.05) is 48.0 Å². The molecule has 0 aliphatic rings. The minimum absolute atomic E-state index is 0.0116. The molecule has 8 heteroatoms. The van der Waals surface area contributed by atoms with Gasteiger partial charge in [0.25, 0.3) is 11.6 Å². The van der Waals surface area contributed by atoms with Gasteiger partial charge in [0.1, 0.15) is 5.52 Å². The summed E-state index contributed by atoms with van der Waals surface area (Å²) < 4.78 is 5.95. The van der Waals surface area contributed by atoms with E-state index in [1.54, 1.807) is 18.2 Å². The first-order valence-corrected chi connectivity index (χ1v) is 10.0. The molecule has 0 unspecified atom stereocenters. The number of anilines is 1. The molecule has 5 aromatic rings. The van der Waals surface area contributed by atoms with Crippen LogP contribution in [-0.2, 0) is 0 Å². The van der Waals surface area contributed by atoms with E-state index >= 15 is 0 Å². The Morgan fingerprint density at radius 2 is 1.81 bits per heavy atom. The number of rotatable bonds is 4. The Labute approximate surface area is 186 Å². The third-order valence-electron chi connectivity index (χ3n) is 5.07. The molecule has 32 heavy (non-hydrogen) atoms. The lowest BCUT2D eigenvalue weighted by molar-refractivity contribution is -0.384. The summed E-state index contributed by atoms with van der Waals surface area (Å²) in [6.07, 6.45) is 0. The standard InChI is InChI=1S/C24H14ClN3O4/c25-20-10-9-16(28(30)31)13-19(20)23(29)26-15-8-11-22-21(12-15)27-24(32-22)18-7-3-5-14-4-1-2-6-17(14)18/h1-13H,(H,26,29). The number of oxazole rings is 1. The number of non-ortho nitro benzene ring substituents is 1. The number of carbonyl (C=O) groups is 1. The van der Waals surface area contributed by atoms with Crippen LogP contribution >= 0.6 is 11.6 Å². The minimum atomic E-state index is -0.580. The Morgan fingerprint density at radius 3 is 2.66 bits per heavy atom. The van der Waals surface area contributed by atoms with Crippen molar-refractivity contribution in [3.8, 4) is 11.5 Å². The zero-order valence-corrected chi connectivity index (χ0v) is 17.2. The number of nitrogens with zero attached hydrogens (tertiary/aromatic N) is 2. The molecule has 0 aliphatic heterocycles. The minimum Gasteiger partial charge on any atom is -0.436 e. The van der Waals surface area contributed by atoms with Crippen LogP contribution in [-0.4, -0.2) is 15.8 Å². The fourth-order valence-electron chi connectivity index (χ4n) is 3.53. The van der Waals surface area contributed by atoms with E-state index in [0.29, 0.717) is 22.7 Å². The van der Waals surface area contributed by atoms with Crippen LogP contribution in [0.4, 0.5) is 11.4 Å². The normalized spacial score (nSPS) is 11.0. The van der Waals surface area contributed by atoms with E-state index in [9.17, 15) is 14.9 Å². The number of halogens is 1. The molecule has 1 heterocycles. The predicted molar refractivity (Wildman–Crippen MR) is 123 cm³/mol. The molecule has 0 radical (unpaired) electrons. The van der Waals surface area contributed by atoms with E-state index in [-0.39, 0.29) is 16.3 Å². The van der Waals surface area contributed by atoms with Crippen molar-refractivity contribution in [2.24, 2.45) is 0 Å². The van der Waals surface area contributed by atoms with Crippen molar-refractivity contribution in [2.45, 2.75) is 0 Å². The molecule has 0 spiro atoms. The molecule has 4 aromatic carbocycles. The number of hydrogen-bond acceptors (Lipinski definition) is 5. The summed E-state index contributed by atoms with van der Waals surface area (Å²) in [5.74, 6) is -0.0853. The second-order valence-electron chi connectivity index (χ2n) is 7.10. The van der Waals surface area contributed by atoms with Crippen molar-refractivity contribution >= 4 is 50.8 Å². The summed E-state index contributed by atoms with van der Waals surface area (Å²) in [6.45, 7) is 0. The topological polar surface area (TPSA) is 98.3 Å². The van der Waals surface area contributed by atoms with E-state index in [1.807, 2.05) is 42.5 Å². The van der Waals surface area contributed by atoms with Crippen LogP contribution in [0.25, 0.3) is 33.3 Å². The fourth-order valence-corrected chi connectivity index (χ4v) is 3.73. The molecule has 0 atom stereocenters. The molecule has 156 valence electrons. The zero-order chi connectivity index (χ0) is 22.2. The Morgan fingerprint density at radius 1 is 1.00 bits per heavy atom. The zero-order valence-electron chi connectivity index (χ0n) is 16.4. The third-order valence-corrected chi connectivity index (χ3v) is 5.40. The molecule has 1 N–H and O–H groups in total. The van der Waals surface area contributed by atoms with Crippen LogP contribution in [0.1, 0.15) is 10.4 Å². The number of hydrogen-bond donors (Lipinski definition) is 1. The predicted octanol–water partition coefficient (Wildman–Crippen LogP) is 6.46. The lowest BCUT2D eigenvalue weighted by atomic mass is 10.0. The summed E-state index contributed by atoms with van der Waals surface area (Å²) in [5, 5.41) is 15.9. The fraction of sp³-hybridized carbons (Fsp3) is 0. The number of nitrogens with one attached hydrogen (secondary N) is 1. The van der Waals surface area contributed by atoms with Crippen molar-refractivity contribution in [2.75, 3.05) is 5.32 Å². The maximum atomic E-state index is 12.7. The molecule has 7 nitrogen and oxygen atoms in total. The highest BCUT2D eigenvalue weighted by atomic mass is 35.5. The summed E-state index contributed by atoms with van der Waals surface area (Å²) >= 11 is 6.07. The van der Waals surface area contributed by atoms with Gasteiger partial charge in [-0.3, -0.25) is 14.9 Å². The van der Waals surface area contributed by atoms with Crippen LogP contribution < -0.4 is 5.32 Å². The largest absolute Gasteiger partial charge is 0.436 e. The second-order valence-corrected chi connectivity index (χ2v) is 7.51. The van der Waals surface area contributed by atoms with Gasteiger partial charge in [-0.2, -0.15) is 0 Å². The Balaban J connectivity index is 1.48. The molecule has 0 fully saturated rings. The van der Waals surface area contributed by atoms with Crippen LogP contribution in [0.15, 0.2) is 83.3 Å². The first-order chi connectivity index (χ1) is 15.5. The van der Waals surface area contributed by atoms with Gasteiger partial charge < -0.3 is 9.73 Å². The van der Waals surface area contributed by atoms with Gasteiger partial charge in [0.15, 0.2) is 5.58 Å². The molecule has 5 rings (SSSR count). The number of benzene rings is 4. The van der Waals surface area contributed by atoms with Gasteiger partial charge >= 0.3 is 0 Å². The molecular formula is C24H14ClN3O4. The van der Waals surface area contributed by atoms with Crippen LogP contribution in [0, 0.1) is 10.1 Å². The van der Waals surface area contributed by atoms with E-state index in [2.05, 4.69) is 10.3 Å². The number of fused-ring (bicyclic) bond motifs is 2.